The SMILES string of the molecule is Cc1ccc(C(=O)CN2CC3CCCC(C3)C2)s1. The van der Waals surface area contributed by atoms with Gasteiger partial charge in [-0.05, 0) is 50.2 Å². The molecule has 0 aromatic carbocycles. The summed E-state index contributed by atoms with van der Waals surface area (Å²) in [5, 5.41) is 0. The maximum atomic E-state index is 12.2. The number of carbonyl (C=O) groups excluding carboxylic acids is 1. The predicted molar refractivity (Wildman–Crippen MR) is 75.3 cm³/mol. The van der Waals surface area contributed by atoms with E-state index in [0.29, 0.717) is 12.3 Å². The standard InChI is InChI=1S/C15H21NOS/c1-11-5-6-15(18-11)14(17)10-16-8-12-3-2-4-13(7-12)9-16/h5-6,12-13H,2-4,7-10H2,1H3. The number of hydrogen-bond acceptors (Lipinski definition) is 3. The lowest BCUT2D eigenvalue weighted by molar-refractivity contribution is 0.0704. The molecule has 1 aromatic rings. The number of thiophene rings is 1. The van der Waals surface area contributed by atoms with E-state index < -0.39 is 0 Å². The molecule has 0 radical (unpaired) electrons. The minimum absolute atomic E-state index is 0.313. The maximum absolute atomic E-state index is 12.2. The fourth-order valence-electron chi connectivity index (χ4n) is 3.53. The van der Waals surface area contributed by atoms with E-state index in [2.05, 4.69) is 11.8 Å². The quantitative estimate of drug-likeness (QED) is 0.779. The molecular weight excluding hydrogens is 242 g/mol. The molecular formula is C15H21NOS. The van der Waals surface area contributed by atoms with Crippen LogP contribution in [0.2, 0.25) is 0 Å². The molecule has 2 bridgehead atoms. The second kappa shape index (κ2) is 5.14. The summed E-state index contributed by atoms with van der Waals surface area (Å²) in [4.78, 5) is 16.8. The van der Waals surface area contributed by atoms with Crippen molar-refractivity contribution in [2.75, 3.05) is 19.6 Å². The third-order valence-electron chi connectivity index (χ3n) is 4.31. The Kier molecular flexibility index (Phi) is 3.53. The molecule has 0 amide bonds. The Hall–Kier alpha value is -0.670. The molecule has 98 valence electrons. The summed E-state index contributed by atoms with van der Waals surface area (Å²) in [6.45, 7) is 4.99. The van der Waals surface area contributed by atoms with E-state index >= 15 is 0 Å². The van der Waals surface area contributed by atoms with Crippen molar-refractivity contribution in [3.63, 3.8) is 0 Å². The summed E-state index contributed by atoms with van der Waals surface area (Å²) in [7, 11) is 0. The summed E-state index contributed by atoms with van der Waals surface area (Å²) in [5.74, 6) is 2.03. The minimum atomic E-state index is 0.313. The van der Waals surface area contributed by atoms with Gasteiger partial charge in [-0.15, -0.1) is 11.3 Å². The Labute approximate surface area is 113 Å². The van der Waals surface area contributed by atoms with E-state index in [1.165, 1.54) is 30.6 Å². The Bertz CT molecular complexity index is 427. The summed E-state index contributed by atoms with van der Waals surface area (Å²) >= 11 is 1.63. The van der Waals surface area contributed by atoms with Crippen LogP contribution in [0.4, 0.5) is 0 Å². The van der Waals surface area contributed by atoms with Crippen molar-refractivity contribution in [1.82, 2.24) is 4.90 Å². The van der Waals surface area contributed by atoms with Gasteiger partial charge in [0.1, 0.15) is 0 Å². The molecule has 1 aliphatic carbocycles. The van der Waals surface area contributed by atoms with Gasteiger partial charge in [0.05, 0.1) is 11.4 Å². The molecule has 2 fully saturated rings. The molecule has 0 N–H and O–H groups in total. The van der Waals surface area contributed by atoms with E-state index in [-0.39, 0.29) is 0 Å². The largest absolute Gasteiger partial charge is 0.295 e. The number of Topliss-reactive ketones (excluding diaryl/α,β-unsaturated/α-hetero) is 1. The molecule has 3 heteroatoms. The Morgan fingerprint density at radius 2 is 2.06 bits per heavy atom. The highest BCUT2D eigenvalue weighted by Crippen LogP contribution is 2.34. The van der Waals surface area contributed by atoms with E-state index in [9.17, 15) is 4.79 Å². The molecule has 0 spiro atoms. The lowest BCUT2D eigenvalue weighted by Gasteiger charge is -2.41. The van der Waals surface area contributed by atoms with Gasteiger partial charge in [0.25, 0.3) is 0 Å². The van der Waals surface area contributed by atoms with Crippen molar-refractivity contribution in [3.8, 4) is 0 Å². The smallest absolute Gasteiger partial charge is 0.186 e. The van der Waals surface area contributed by atoms with E-state index in [1.807, 2.05) is 12.1 Å². The molecule has 1 aromatic heterocycles. The number of likely N-dealkylation sites (tertiary alicyclic amines) is 1. The van der Waals surface area contributed by atoms with Gasteiger partial charge < -0.3 is 0 Å². The fourth-order valence-corrected chi connectivity index (χ4v) is 4.33. The van der Waals surface area contributed by atoms with Crippen LogP contribution in [0.5, 0.6) is 0 Å². The van der Waals surface area contributed by atoms with E-state index in [1.54, 1.807) is 11.3 Å². The van der Waals surface area contributed by atoms with Gasteiger partial charge in [0, 0.05) is 18.0 Å². The zero-order valence-electron chi connectivity index (χ0n) is 11.0. The molecule has 2 unspecified atom stereocenters. The second-order valence-electron chi connectivity index (χ2n) is 5.93. The van der Waals surface area contributed by atoms with Crippen molar-refractivity contribution in [2.45, 2.75) is 32.6 Å². The van der Waals surface area contributed by atoms with Crippen LogP contribution in [0.25, 0.3) is 0 Å². The maximum Gasteiger partial charge on any atom is 0.186 e. The van der Waals surface area contributed by atoms with Gasteiger partial charge >= 0.3 is 0 Å². The Balaban J connectivity index is 1.61. The van der Waals surface area contributed by atoms with Gasteiger partial charge in [-0.3, -0.25) is 9.69 Å². The lowest BCUT2D eigenvalue weighted by Crippen LogP contribution is -2.44. The van der Waals surface area contributed by atoms with Crippen LogP contribution in [0.1, 0.15) is 40.2 Å². The summed E-state index contributed by atoms with van der Waals surface area (Å²) in [5.41, 5.74) is 0. The predicted octanol–water partition coefficient (Wildman–Crippen LogP) is 3.36. The highest BCUT2D eigenvalue weighted by molar-refractivity contribution is 7.14. The molecule has 18 heavy (non-hydrogen) atoms. The van der Waals surface area contributed by atoms with Crippen LogP contribution in [-0.2, 0) is 0 Å². The molecule has 2 heterocycles. The van der Waals surface area contributed by atoms with E-state index in [4.69, 9.17) is 0 Å². The normalized spacial score (nSPS) is 28.3. The second-order valence-corrected chi connectivity index (χ2v) is 7.21. The van der Waals surface area contributed by atoms with Crippen molar-refractivity contribution in [1.29, 1.82) is 0 Å². The van der Waals surface area contributed by atoms with Crippen molar-refractivity contribution < 1.29 is 4.79 Å². The average molecular weight is 263 g/mol. The van der Waals surface area contributed by atoms with Gasteiger partial charge in [-0.1, -0.05) is 6.42 Å². The number of rotatable bonds is 3. The number of hydrogen-bond donors (Lipinski definition) is 0. The minimum Gasteiger partial charge on any atom is -0.295 e. The molecule has 1 saturated carbocycles. The van der Waals surface area contributed by atoms with E-state index in [0.717, 1.165) is 29.8 Å². The first-order valence-corrected chi connectivity index (χ1v) is 7.84. The van der Waals surface area contributed by atoms with Gasteiger partial charge in [0.2, 0.25) is 0 Å². The highest BCUT2D eigenvalue weighted by atomic mass is 32.1. The molecule has 1 saturated heterocycles. The number of nitrogens with zero attached hydrogens (tertiary/aromatic N) is 1. The third kappa shape index (κ3) is 2.67. The Morgan fingerprint density at radius 1 is 1.33 bits per heavy atom. The van der Waals surface area contributed by atoms with Crippen molar-refractivity contribution in [2.24, 2.45) is 11.8 Å². The average Bonchev–Trinajstić information content (AvgIpc) is 2.75. The van der Waals surface area contributed by atoms with Crippen molar-refractivity contribution >= 4 is 17.1 Å². The van der Waals surface area contributed by atoms with Gasteiger partial charge in [0.15, 0.2) is 5.78 Å². The zero-order valence-corrected chi connectivity index (χ0v) is 11.8. The number of ketones is 1. The number of carbonyl (C=O) groups is 1. The molecule has 1 aliphatic heterocycles. The monoisotopic (exact) mass is 263 g/mol. The summed E-state index contributed by atoms with van der Waals surface area (Å²) < 4.78 is 0. The zero-order chi connectivity index (χ0) is 12.5. The Morgan fingerprint density at radius 3 is 2.67 bits per heavy atom. The highest BCUT2D eigenvalue weighted by Gasteiger charge is 2.31. The molecule has 3 rings (SSSR count). The van der Waals surface area contributed by atoms with Gasteiger partial charge in [-0.2, -0.15) is 0 Å². The molecule has 2 aliphatic rings. The van der Waals surface area contributed by atoms with Crippen LogP contribution in [0, 0.1) is 18.8 Å². The number of fused-ring (bicyclic) bond motifs is 2. The van der Waals surface area contributed by atoms with Crippen LogP contribution >= 0.6 is 11.3 Å². The number of aryl methyl sites for hydroxylation is 1. The fraction of sp³-hybridized carbons (Fsp3) is 0.667. The third-order valence-corrected chi connectivity index (χ3v) is 5.35. The first kappa shape index (κ1) is 12.4. The van der Waals surface area contributed by atoms with Crippen LogP contribution < -0.4 is 0 Å². The summed E-state index contributed by atoms with van der Waals surface area (Å²) in [6, 6.07) is 4.02. The summed E-state index contributed by atoms with van der Waals surface area (Å²) in [6.07, 6.45) is 5.56. The molecule has 2 atom stereocenters. The van der Waals surface area contributed by atoms with Crippen molar-refractivity contribution in [3.05, 3.63) is 21.9 Å². The first-order valence-electron chi connectivity index (χ1n) is 7.02. The number of piperidine rings is 1. The topological polar surface area (TPSA) is 20.3 Å². The van der Waals surface area contributed by atoms with Crippen LogP contribution in [0.3, 0.4) is 0 Å². The lowest BCUT2D eigenvalue weighted by atomic mass is 9.78. The van der Waals surface area contributed by atoms with Crippen LogP contribution in [0.15, 0.2) is 12.1 Å². The van der Waals surface area contributed by atoms with Gasteiger partial charge in [-0.25, -0.2) is 0 Å². The molecule has 2 nitrogen and oxygen atoms in total. The first-order chi connectivity index (χ1) is 8.70. The van der Waals surface area contributed by atoms with Crippen LogP contribution in [-0.4, -0.2) is 30.3 Å².